The van der Waals surface area contributed by atoms with E-state index in [2.05, 4.69) is 17.3 Å². The van der Waals surface area contributed by atoms with Crippen LogP contribution in [-0.2, 0) is 9.84 Å². The molecule has 2 aliphatic heterocycles. The zero-order chi connectivity index (χ0) is 10.9. The summed E-state index contributed by atoms with van der Waals surface area (Å²) in [5, 5.41) is 4.73. The highest BCUT2D eigenvalue weighted by molar-refractivity contribution is 7.94. The van der Waals surface area contributed by atoms with Gasteiger partial charge in [0.25, 0.3) is 0 Å². The first kappa shape index (κ1) is 11.1. The van der Waals surface area contributed by atoms with E-state index in [-0.39, 0.29) is 11.8 Å². The number of sulfone groups is 1. The molecule has 2 heterocycles. The fourth-order valence-electron chi connectivity index (χ4n) is 2.28. The number of nitrogens with zero attached hydrogens (tertiary/aromatic N) is 1. The normalized spacial score (nSPS) is 35.8. The minimum absolute atomic E-state index is 0.0199. The molecule has 2 atom stereocenters. The quantitative estimate of drug-likeness (QED) is 0.724. The molecule has 0 aliphatic carbocycles. The molecule has 0 aromatic rings. The summed E-state index contributed by atoms with van der Waals surface area (Å²) in [5.74, 6) is 0.229. The first-order chi connectivity index (χ1) is 7.05. The van der Waals surface area contributed by atoms with Crippen molar-refractivity contribution < 1.29 is 8.42 Å². The van der Waals surface area contributed by atoms with Crippen LogP contribution in [0.5, 0.6) is 0 Å². The van der Waals surface area contributed by atoms with Gasteiger partial charge in [-0.15, -0.1) is 0 Å². The number of likely N-dealkylation sites (tertiary alicyclic amines) is 1. The lowest BCUT2D eigenvalue weighted by Crippen LogP contribution is -2.48. The predicted molar refractivity (Wildman–Crippen MR) is 60.4 cm³/mol. The van der Waals surface area contributed by atoms with E-state index in [0.29, 0.717) is 6.04 Å². The molecular weight excluding hydrogens is 212 g/mol. The Morgan fingerprint density at radius 2 is 2.27 bits per heavy atom. The van der Waals surface area contributed by atoms with E-state index in [9.17, 15) is 8.42 Å². The van der Waals surface area contributed by atoms with Crippen molar-refractivity contribution in [2.45, 2.75) is 24.9 Å². The standard InChI is InChI=1S/C10H18N2O2S/c1-12-5-2-3-9(7-12)11-10-4-6-15(13,14)8-10/h4,6,9-11H,2-3,5,7-8H2,1H3. The minimum atomic E-state index is -2.92. The summed E-state index contributed by atoms with van der Waals surface area (Å²) in [4.78, 5) is 2.29. The lowest BCUT2D eigenvalue weighted by molar-refractivity contribution is 0.224. The van der Waals surface area contributed by atoms with Gasteiger partial charge < -0.3 is 10.2 Å². The molecule has 4 nitrogen and oxygen atoms in total. The van der Waals surface area contributed by atoms with Crippen molar-refractivity contribution in [1.29, 1.82) is 0 Å². The zero-order valence-corrected chi connectivity index (χ0v) is 9.83. The van der Waals surface area contributed by atoms with Crippen LogP contribution in [0.4, 0.5) is 0 Å². The number of hydrogen-bond acceptors (Lipinski definition) is 4. The molecule has 2 rings (SSSR count). The van der Waals surface area contributed by atoms with Gasteiger partial charge >= 0.3 is 0 Å². The monoisotopic (exact) mass is 230 g/mol. The van der Waals surface area contributed by atoms with Crippen LogP contribution in [0.2, 0.25) is 0 Å². The summed E-state index contributed by atoms with van der Waals surface area (Å²) in [6.07, 6.45) is 4.11. The fourth-order valence-corrected chi connectivity index (χ4v) is 3.53. The SMILES string of the molecule is CN1CCCC(NC2C=CS(=O)(=O)C2)C1. The van der Waals surface area contributed by atoms with E-state index in [0.717, 1.165) is 19.5 Å². The van der Waals surface area contributed by atoms with Gasteiger partial charge in [-0.2, -0.15) is 0 Å². The van der Waals surface area contributed by atoms with Gasteiger partial charge in [0, 0.05) is 24.0 Å². The summed E-state index contributed by atoms with van der Waals surface area (Å²) in [7, 11) is -0.810. The van der Waals surface area contributed by atoms with Crippen LogP contribution in [0.3, 0.4) is 0 Å². The Kier molecular flexibility index (Phi) is 3.13. The Bertz CT molecular complexity index is 350. The smallest absolute Gasteiger partial charge is 0.173 e. The van der Waals surface area contributed by atoms with Crippen LogP contribution >= 0.6 is 0 Å². The van der Waals surface area contributed by atoms with E-state index in [1.807, 2.05) is 0 Å². The summed E-state index contributed by atoms with van der Waals surface area (Å²) in [6.45, 7) is 2.17. The Hall–Kier alpha value is -0.390. The highest BCUT2D eigenvalue weighted by atomic mass is 32.2. The molecule has 0 aromatic carbocycles. The van der Waals surface area contributed by atoms with Gasteiger partial charge in [-0.25, -0.2) is 8.42 Å². The highest BCUT2D eigenvalue weighted by Gasteiger charge is 2.25. The fraction of sp³-hybridized carbons (Fsp3) is 0.800. The highest BCUT2D eigenvalue weighted by Crippen LogP contribution is 2.13. The van der Waals surface area contributed by atoms with Gasteiger partial charge in [0.05, 0.1) is 5.75 Å². The average Bonchev–Trinajstić information content (AvgIpc) is 2.45. The van der Waals surface area contributed by atoms with Crippen molar-refractivity contribution in [3.63, 3.8) is 0 Å². The molecule has 86 valence electrons. The number of hydrogen-bond donors (Lipinski definition) is 1. The van der Waals surface area contributed by atoms with Gasteiger partial charge in [0.1, 0.15) is 0 Å². The maximum atomic E-state index is 11.2. The maximum absolute atomic E-state index is 11.2. The van der Waals surface area contributed by atoms with Crippen molar-refractivity contribution >= 4 is 9.84 Å². The van der Waals surface area contributed by atoms with E-state index in [1.165, 1.54) is 11.8 Å². The van der Waals surface area contributed by atoms with Crippen LogP contribution in [0, 0.1) is 0 Å². The summed E-state index contributed by atoms with van der Waals surface area (Å²) >= 11 is 0. The van der Waals surface area contributed by atoms with E-state index in [1.54, 1.807) is 6.08 Å². The molecular formula is C10H18N2O2S. The second-order valence-electron chi connectivity index (χ2n) is 4.53. The van der Waals surface area contributed by atoms with Crippen molar-refractivity contribution in [2.24, 2.45) is 0 Å². The molecule has 15 heavy (non-hydrogen) atoms. The molecule has 1 saturated heterocycles. The van der Waals surface area contributed by atoms with Gasteiger partial charge in [-0.1, -0.05) is 6.08 Å². The van der Waals surface area contributed by atoms with Crippen LogP contribution in [0.1, 0.15) is 12.8 Å². The summed E-state index contributed by atoms with van der Waals surface area (Å²) < 4.78 is 22.4. The van der Waals surface area contributed by atoms with Crippen LogP contribution < -0.4 is 5.32 Å². The van der Waals surface area contributed by atoms with Crippen LogP contribution in [0.15, 0.2) is 11.5 Å². The Balaban J connectivity index is 1.85. The summed E-state index contributed by atoms with van der Waals surface area (Å²) in [5.41, 5.74) is 0. The van der Waals surface area contributed by atoms with Gasteiger partial charge in [-0.05, 0) is 26.4 Å². The minimum Gasteiger partial charge on any atom is -0.305 e. The first-order valence-electron chi connectivity index (χ1n) is 5.41. The summed E-state index contributed by atoms with van der Waals surface area (Å²) in [6, 6.07) is 0.457. The van der Waals surface area contributed by atoms with Crippen LogP contribution in [-0.4, -0.2) is 51.3 Å². The predicted octanol–water partition coefficient (Wildman–Crippen LogP) is -0.0191. The number of rotatable bonds is 2. The third kappa shape index (κ3) is 3.03. The van der Waals surface area contributed by atoms with Crippen molar-refractivity contribution in [1.82, 2.24) is 10.2 Å². The van der Waals surface area contributed by atoms with E-state index >= 15 is 0 Å². The molecule has 5 heteroatoms. The van der Waals surface area contributed by atoms with E-state index < -0.39 is 9.84 Å². The first-order valence-corrected chi connectivity index (χ1v) is 7.12. The van der Waals surface area contributed by atoms with Crippen LogP contribution in [0.25, 0.3) is 0 Å². The molecule has 0 spiro atoms. The molecule has 0 amide bonds. The second-order valence-corrected chi connectivity index (χ2v) is 6.46. The molecule has 2 aliphatic rings. The Morgan fingerprint density at radius 1 is 1.47 bits per heavy atom. The molecule has 1 N–H and O–H groups in total. The Labute approximate surface area is 91.3 Å². The van der Waals surface area contributed by atoms with Crippen molar-refractivity contribution in [3.05, 3.63) is 11.5 Å². The third-order valence-corrected chi connectivity index (χ3v) is 4.40. The largest absolute Gasteiger partial charge is 0.305 e. The average molecular weight is 230 g/mol. The van der Waals surface area contributed by atoms with Gasteiger partial charge in [-0.3, -0.25) is 0 Å². The third-order valence-electron chi connectivity index (χ3n) is 3.00. The zero-order valence-electron chi connectivity index (χ0n) is 9.02. The molecule has 0 saturated carbocycles. The van der Waals surface area contributed by atoms with E-state index in [4.69, 9.17) is 0 Å². The van der Waals surface area contributed by atoms with Crippen molar-refractivity contribution in [3.8, 4) is 0 Å². The number of likely N-dealkylation sites (N-methyl/N-ethyl adjacent to an activating group) is 1. The molecule has 0 aromatic heterocycles. The van der Waals surface area contributed by atoms with Gasteiger partial charge in [0.15, 0.2) is 9.84 Å². The van der Waals surface area contributed by atoms with Crippen molar-refractivity contribution in [2.75, 3.05) is 25.9 Å². The lowest BCUT2D eigenvalue weighted by atomic mass is 10.1. The molecule has 1 fully saturated rings. The second kappa shape index (κ2) is 4.23. The van der Waals surface area contributed by atoms with Gasteiger partial charge in [0.2, 0.25) is 0 Å². The molecule has 2 unspecified atom stereocenters. The molecule has 0 bridgehead atoms. The molecule has 0 radical (unpaired) electrons. The maximum Gasteiger partial charge on any atom is 0.173 e. The number of nitrogens with one attached hydrogen (secondary N) is 1. The Morgan fingerprint density at radius 3 is 2.87 bits per heavy atom. The topological polar surface area (TPSA) is 49.4 Å². The number of piperidine rings is 1. The lowest BCUT2D eigenvalue weighted by Gasteiger charge is -2.31.